The number of alkyl halides is 2. The van der Waals surface area contributed by atoms with Gasteiger partial charge in [-0.3, -0.25) is 14.0 Å². The number of rotatable bonds is 3. The van der Waals surface area contributed by atoms with E-state index in [-0.39, 0.29) is 12.2 Å². The molecule has 1 aliphatic rings. The number of aryl methyl sites for hydroxylation is 3. The standard InChI is InChI=1S/C14H16F2N4O2S/c1-9-12(13(15)16)14(19(2)18-9)23(21,22)20-8-4-5-10-11(20)6-3-7-17-10/h3,6-7,13H,4-5,8H2,1-2H3. The summed E-state index contributed by atoms with van der Waals surface area (Å²) in [5, 5.41) is 3.41. The van der Waals surface area contributed by atoms with Crippen molar-refractivity contribution >= 4 is 15.7 Å². The summed E-state index contributed by atoms with van der Waals surface area (Å²) in [6, 6.07) is 3.28. The van der Waals surface area contributed by atoms with E-state index in [0.29, 0.717) is 24.2 Å². The van der Waals surface area contributed by atoms with Crippen molar-refractivity contribution in [2.24, 2.45) is 7.05 Å². The maximum absolute atomic E-state index is 13.3. The topological polar surface area (TPSA) is 68.1 Å². The summed E-state index contributed by atoms with van der Waals surface area (Å²) in [4.78, 5) is 4.19. The summed E-state index contributed by atoms with van der Waals surface area (Å²) in [7, 11) is -2.79. The van der Waals surface area contributed by atoms with Gasteiger partial charge in [0.25, 0.3) is 16.4 Å². The maximum atomic E-state index is 13.3. The number of pyridine rings is 1. The number of halogens is 2. The van der Waals surface area contributed by atoms with Crippen molar-refractivity contribution in [1.29, 1.82) is 0 Å². The van der Waals surface area contributed by atoms with Gasteiger partial charge < -0.3 is 0 Å². The largest absolute Gasteiger partial charge is 0.282 e. The zero-order chi connectivity index (χ0) is 16.8. The first-order chi connectivity index (χ1) is 10.8. The summed E-state index contributed by atoms with van der Waals surface area (Å²) in [6.07, 6.45) is -0.0711. The predicted molar refractivity (Wildman–Crippen MR) is 80.0 cm³/mol. The van der Waals surface area contributed by atoms with Gasteiger partial charge in [0.15, 0.2) is 5.03 Å². The molecule has 3 heterocycles. The van der Waals surface area contributed by atoms with Crippen LogP contribution in [0.2, 0.25) is 0 Å². The summed E-state index contributed by atoms with van der Waals surface area (Å²) < 4.78 is 54.9. The molecule has 0 fully saturated rings. The first-order valence-electron chi connectivity index (χ1n) is 7.12. The molecule has 0 aliphatic carbocycles. The van der Waals surface area contributed by atoms with E-state index in [9.17, 15) is 17.2 Å². The molecule has 1 aliphatic heterocycles. The second-order valence-electron chi connectivity index (χ2n) is 5.38. The molecule has 3 rings (SSSR count). The fourth-order valence-corrected chi connectivity index (χ4v) is 4.82. The van der Waals surface area contributed by atoms with Crippen molar-refractivity contribution in [1.82, 2.24) is 14.8 Å². The van der Waals surface area contributed by atoms with E-state index < -0.39 is 27.0 Å². The summed E-state index contributed by atoms with van der Waals surface area (Å²) in [5.41, 5.74) is 0.575. The van der Waals surface area contributed by atoms with Crippen molar-refractivity contribution in [3.8, 4) is 0 Å². The van der Waals surface area contributed by atoms with Crippen LogP contribution in [-0.4, -0.2) is 29.7 Å². The highest BCUT2D eigenvalue weighted by Crippen LogP contribution is 2.35. The van der Waals surface area contributed by atoms with Crippen molar-refractivity contribution < 1.29 is 17.2 Å². The Balaban J connectivity index is 2.19. The number of hydrogen-bond acceptors (Lipinski definition) is 4. The van der Waals surface area contributed by atoms with E-state index in [2.05, 4.69) is 10.1 Å². The Morgan fingerprint density at radius 1 is 1.35 bits per heavy atom. The van der Waals surface area contributed by atoms with Gasteiger partial charge in [0, 0.05) is 19.8 Å². The SMILES string of the molecule is Cc1nn(C)c(S(=O)(=O)N2CCCc3ncccc32)c1C(F)F. The highest BCUT2D eigenvalue weighted by Gasteiger charge is 2.37. The Morgan fingerprint density at radius 2 is 2.09 bits per heavy atom. The summed E-state index contributed by atoms with van der Waals surface area (Å²) in [5.74, 6) is 0. The fraction of sp³-hybridized carbons (Fsp3) is 0.429. The Kier molecular flexibility index (Phi) is 3.83. The number of nitrogens with zero attached hydrogens (tertiary/aromatic N) is 4. The molecule has 6 nitrogen and oxygen atoms in total. The molecule has 23 heavy (non-hydrogen) atoms. The van der Waals surface area contributed by atoms with Crippen LogP contribution >= 0.6 is 0 Å². The van der Waals surface area contributed by atoms with E-state index >= 15 is 0 Å². The first kappa shape index (κ1) is 15.9. The second kappa shape index (κ2) is 5.55. The van der Waals surface area contributed by atoms with Crippen LogP contribution in [0, 0.1) is 6.92 Å². The van der Waals surface area contributed by atoms with Crippen LogP contribution in [0.1, 0.15) is 29.8 Å². The molecule has 9 heteroatoms. The first-order valence-corrected chi connectivity index (χ1v) is 8.56. The molecule has 0 amide bonds. The molecular weight excluding hydrogens is 326 g/mol. The van der Waals surface area contributed by atoms with Gasteiger partial charge in [-0.05, 0) is 31.9 Å². The van der Waals surface area contributed by atoms with Gasteiger partial charge in [-0.25, -0.2) is 8.78 Å². The normalized spacial score (nSPS) is 15.1. The van der Waals surface area contributed by atoms with Crippen molar-refractivity contribution in [3.63, 3.8) is 0 Å². The predicted octanol–water partition coefficient (Wildman–Crippen LogP) is 2.20. The zero-order valence-electron chi connectivity index (χ0n) is 12.7. The van der Waals surface area contributed by atoms with Crippen LogP contribution in [0.5, 0.6) is 0 Å². The summed E-state index contributed by atoms with van der Waals surface area (Å²) >= 11 is 0. The second-order valence-corrected chi connectivity index (χ2v) is 7.16. The lowest BCUT2D eigenvalue weighted by Gasteiger charge is -2.29. The van der Waals surface area contributed by atoms with E-state index in [1.54, 1.807) is 18.3 Å². The Labute approximate surface area is 132 Å². The third-order valence-corrected chi connectivity index (χ3v) is 5.81. The minimum Gasteiger partial charge on any atom is -0.263 e. The Hall–Kier alpha value is -2.03. The van der Waals surface area contributed by atoms with Crippen LogP contribution in [0.3, 0.4) is 0 Å². The average Bonchev–Trinajstić information content (AvgIpc) is 2.81. The van der Waals surface area contributed by atoms with Gasteiger partial charge in [-0.1, -0.05) is 0 Å². The minimum absolute atomic E-state index is 0.0181. The zero-order valence-corrected chi connectivity index (χ0v) is 13.5. The van der Waals surface area contributed by atoms with Crippen molar-refractivity contribution in [2.75, 3.05) is 10.8 Å². The van der Waals surface area contributed by atoms with E-state index in [4.69, 9.17) is 0 Å². The highest BCUT2D eigenvalue weighted by atomic mass is 32.2. The minimum atomic E-state index is -4.15. The van der Waals surface area contributed by atoms with Crippen LogP contribution < -0.4 is 4.31 Å². The lowest BCUT2D eigenvalue weighted by molar-refractivity contribution is 0.146. The smallest absolute Gasteiger partial charge is 0.263 e. The maximum Gasteiger partial charge on any atom is 0.282 e. The van der Waals surface area contributed by atoms with E-state index in [0.717, 1.165) is 8.99 Å². The van der Waals surface area contributed by atoms with Crippen LogP contribution in [0.4, 0.5) is 14.5 Å². The molecule has 124 valence electrons. The molecule has 0 unspecified atom stereocenters. The van der Waals surface area contributed by atoms with Gasteiger partial charge in [0.05, 0.1) is 22.6 Å². The lowest BCUT2D eigenvalue weighted by atomic mass is 10.1. The molecule has 0 saturated carbocycles. The third-order valence-electron chi connectivity index (χ3n) is 3.88. The molecule has 0 N–H and O–H groups in total. The van der Waals surface area contributed by atoms with Crippen LogP contribution in [0.25, 0.3) is 0 Å². The van der Waals surface area contributed by atoms with Crippen LogP contribution in [-0.2, 0) is 23.5 Å². The number of hydrogen-bond donors (Lipinski definition) is 0. The van der Waals surface area contributed by atoms with Gasteiger partial charge in [-0.2, -0.15) is 13.5 Å². The van der Waals surface area contributed by atoms with Crippen molar-refractivity contribution in [3.05, 3.63) is 35.3 Å². The average molecular weight is 342 g/mol. The Morgan fingerprint density at radius 3 is 2.78 bits per heavy atom. The molecular formula is C14H16F2N4O2S. The molecule has 0 atom stereocenters. The molecule has 0 bridgehead atoms. The number of anilines is 1. The molecule has 2 aromatic rings. The Bertz CT molecular complexity index is 848. The third kappa shape index (κ3) is 2.48. The number of fused-ring (bicyclic) bond motifs is 1. The number of sulfonamides is 1. The molecule has 0 spiro atoms. The van der Waals surface area contributed by atoms with E-state index in [1.165, 1.54) is 14.0 Å². The summed E-state index contributed by atoms with van der Waals surface area (Å²) in [6.45, 7) is 1.61. The van der Waals surface area contributed by atoms with E-state index in [1.807, 2.05) is 0 Å². The van der Waals surface area contributed by atoms with Gasteiger partial charge in [0.2, 0.25) is 0 Å². The highest BCUT2D eigenvalue weighted by molar-refractivity contribution is 7.92. The monoisotopic (exact) mass is 342 g/mol. The molecule has 0 saturated heterocycles. The molecule has 0 aromatic carbocycles. The molecule has 2 aromatic heterocycles. The van der Waals surface area contributed by atoms with Gasteiger partial charge >= 0.3 is 0 Å². The van der Waals surface area contributed by atoms with Gasteiger partial charge in [-0.15, -0.1) is 0 Å². The number of aromatic nitrogens is 3. The quantitative estimate of drug-likeness (QED) is 0.858. The van der Waals surface area contributed by atoms with Crippen molar-refractivity contribution in [2.45, 2.75) is 31.2 Å². The lowest BCUT2D eigenvalue weighted by Crippen LogP contribution is -2.37. The van der Waals surface area contributed by atoms with Crippen LogP contribution in [0.15, 0.2) is 23.4 Å². The molecule has 0 radical (unpaired) electrons. The van der Waals surface area contributed by atoms with Gasteiger partial charge in [0.1, 0.15) is 0 Å². The fourth-order valence-electron chi connectivity index (χ4n) is 2.92.